The van der Waals surface area contributed by atoms with E-state index in [-0.39, 0.29) is 0 Å². The van der Waals surface area contributed by atoms with Crippen molar-refractivity contribution in [1.82, 2.24) is 9.55 Å². The molecule has 2 N–H and O–H groups in total. The average molecular weight is 257 g/mol. The maximum absolute atomic E-state index is 5.84. The lowest BCUT2D eigenvalue weighted by molar-refractivity contribution is 0.187. The van der Waals surface area contributed by atoms with Crippen molar-refractivity contribution in [1.29, 1.82) is 0 Å². The van der Waals surface area contributed by atoms with E-state index in [0.717, 1.165) is 23.0 Å². The number of anilines is 1. The van der Waals surface area contributed by atoms with Crippen LogP contribution < -0.4 is 5.73 Å². The lowest BCUT2D eigenvalue weighted by Gasteiger charge is -2.35. The topological polar surface area (TPSA) is 43.8 Å². The minimum absolute atomic E-state index is 0.599. The van der Waals surface area contributed by atoms with Crippen LogP contribution in [0.5, 0.6) is 0 Å². The Bertz CT molecular complexity index is 570. The zero-order chi connectivity index (χ0) is 13.4. The van der Waals surface area contributed by atoms with Gasteiger partial charge in [0.15, 0.2) is 0 Å². The quantitative estimate of drug-likeness (QED) is 0.826. The first kappa shape index (κ1) is 12.5. The van der Waals surface area contributed by atoms with E-state index >= 15 is 0 Å². The third kappa shape index (κ3) is 2.22. The molecule has 0 amide bonds. The molecule has 1 aliphatic carbocycles. The molecule has 0 radical (unpaired) electrons. The third-order valence-electron chi connectivity index (χ3n) is 4.59. The van der Waals surface area contributed by atoms with Crippen molar-refractivity contribution >= 4 is 16.7 Å². The first-order valence-electron chi connectivity index (χ1n) is 7.39. The largest absolute Gasteiger partial charge is 0.399 e. The van der Waals surface area contributed by atoms with Gasteiger partial charge >= 0.3 is 0 Å². The number of nitrogens with zero attached hydrogens (tertiary/aromatic N) is 2. The second-order valence-electron chi connectivity index (χ2n) is 6.16. The molecule has 3 rings (SSSR count). The van der Waals surface area contributed by atoms with Gasteiger partial charge in [-0.3, -0.25) is 0 Å². The summed E-state index contributed by atoms with van der Waals surface area (Å²) in [6.45, 7) is 4.69. The number of aromatic nitrogens is 2. The zero-order valence-electron chi connectivity index (χ0n) is 11.8. The Labute approximate surface area is 114 Å². The molecule has 3 nitrogen and oxygen atoms in total. The van der Waals surface area contributed by atoms with E-state index in [9.17, 15) is 0 Å². The van der Waals surface area contributed by atoms with Gasteiger partial charge in [-0.2, -0.15) is 0 Å². The molecule has 1 aromatic heterocycles. The molecule has 0 spiro atoms. The van der Waals surface area contributed by atoms with Crippen LogP contribution in [-0.2, 0) is 0 Å². The van der Waals surface area contributed by atoms with Crippen LogP contribution in [0.15, 0.2) is 24.5 Å². The van der Waals surface area contributed by atoms with E-state index in [0.29, 0.717) is 6.04 Å². The van der Waals surface area contributed by atoms with Gasteiger partial charge in [0.2, 0.25) is 0 Å². The molecule has 19 heavy (non-hydrogen) atoms. The summed E-state index contributed by atoms with van der Waals surface area (Å²) >= 11 is 0. The zero-order valence-corrected chi connectivity index (χ0v) is 11.8. The molecule has 0 bridgehead atoms. The smallest absolute Gasteiger partial charge is 0.0961 e. The number of imidazole rings is 1. The number of fused-ring (bicyclic) bond motifs is 1. The van der Waals surface area contributed by atoms with Crippen LogP contribution in [0.2, 0.25) is 0 Å². The van der Waals surface area contributed by atoms with Crippen LogP contribution in [0.25, 0.3) is 11.0 Å². The third-order valence-corrected chi connectivity index (χ3v) is 4.59. The van der Waals surface area contributed by atoms with Crippen molar-refractivity contribution in [3.8, 4) is 0 Å². The molecule has 1 fully saturated rings. The Morgan fingerprint density at radius 3 is 2.84 bits per heavy atom. The van der Waals surface area contributed by atoms with Gasteiger partial charge in [-0.1, -0.05) is 26.7 Å². The average Bonchev–Trinajstić information content (AvgIpc) is 2.81. The standard InChI is InChI=1S/C16H23N3/c1-11(2)13-5-3-4-6-15(13)19-10-18-14-9-12(17)7-8-16(14)19/h7-11,13,15H,3-6,17H2,1-2H3. The molecular formula is C16H23N3. The Kier molecular flexibility index (Phi) is 3.21. The molecule has 2 atom stereocenters. The maximum atomic E-state index is 5.84. The number of rotatable bonds is 2. The second kappa shape index (κ2) is 4.87. The summed E-state index contributed by atoms with van der Waals surface area (Å²) in [4.78, 5) is 4.53. The van der Waals surface area contributed by atoms with E-state index in [1.165, 1.54) is 31.2 Å². The summed E-state index contributed by atoms with van der Waals surface area (Å²) in [6, 6.07) is 6.67. The van der Waals surface area contributed by atoms with Crippen molar-refractivity contribution < 1.29 is 0 Å². The van der Waals surface area contributed by atoms with E-state index in [4.69, 9.17) is 5.73 Å². The van der Waals surface area contributed by atoms with Gasteiger partial charge in [0.25, 0.3) is 0 Å². The number of hydrogen-bond acceptors (Lipinski definition) is 2. The number of nitrogen functional groups attached to an aromatic ring is 1. The van der Waals surface area contributed by atoms with Gasteiger partial charge in [0.1, 0.15) is 0 Å². The minimum atomic E-state index is 0.599. The monoisotopic (exact) mass is 257 g/mol. The predicted octanol–water partition coefficient (Wildman–Crippen LogP) is 4.01. The van der Waals surface area contributed by atoms with Crippen LogP contribution >= 0.6 is 0 Å². The molecule has 3 heteroatoms. The molecule has 2 unspecified atom stereocenters. The molecule has 0 saturated heterocycles. The molecule has 0 aliphatic heterocycles. The Balaban J connectivity index is 2.02. The highest BCUT2D eigenvalue weighted by Gasteiger charge is 2.29. The fourth-order valence-corrected chi connectivity index (χ4v) is 3.58. The van der Waals surface area contributed by atoms with Crippen LogP contribution in [0.1, 0.15) is 45.6 Å². The molecular weight excluding hydrogens is 234 g/mol. The summed E-state index contributed by atoms with van der Waals surface area (Å²) in [5.41, 5.74) is 8.88. The van der Waals surface area contributed by atoms with Crippen molar-refractivity contribution in [2.24, 2.45) is 11.8 Å². The lowest BCUT2D eigenvalue weighted by Crippen LogP contribution is -2.26. The van der Waals surface area contributed by atoms with Crippen molar-refractivity contribution in [3.05, 3.63) is 24.5 Å². The van der Waals surface area contributed by atoms with E-state index < -0.39 is 0 Å². The number of benzene rings is 1. The van der Waals surface area contributed by atoms with Gasteiger partial charge in [-0.05, 0) is 42.9 Å². The van der Waals surface area contributed by atoms with E-state index in [1.54, 1.807) is 0 Å². The van der Waals surface area contributed by atoms with Crippen LogP contribution in [0.3, 0.4) is 0 Å². The highest BCUT2D eigenvalue weighted by molar-refractivity contribution is 5.79. The summed E-state index contributed by atoms with van der Waals surface area (Å²) < 4.78 is 2.39. The van der Waals surface area contributed by atoms with Crippen molar-refractivity contribution in [2.75, 3.05) is 5.73 Å². The van der Waals surface area contributed by atoms with Crippen molar-refractivity contribution in [2.45, 2.75) is 45.6 Å². The lowest BCUT2D eigenvalue weighted by atomic mass is 9.77. The Hall–Kier alpha value is -1.51. The van der Waals surface area contributed by atoms with E-state index in [2.05, 4.69) is 29.5 Å². The molecule has 1 saturated carbocycles. The van der Waals surface area contributed by atoms with Gasteiger partial charge < -0.3 is 10.3 Å². The number of nitrogens with two attached hydrogens (primary N) is 1. The summed E-state index contributed by atoms with van der Waals surface area (Å²) in [6.07, 6.45) is 7.34. The summed E-state index contributed by atoms with van der Waals surface area (Å²) in [5.74, 6) is 1.50. The highest BCUT2D eigenvalue weighted by atomic mass is 15.1. The Morgan fingerprint density at radius 1 is 1.26 bits per heavy atom. The maximum Gasteiger partial charge on any atom is 0.0961 e. The fourth-order valence-electron chi connectivity index (χ4n) is 3.58. The van der Waals surface area contributed by atoms with Crippen molar-refractivity contribution in [3.63, 3.8) is 0 Å². The van der Waals surface area contributed by atoms with Gasteiger partial charge in [0.05, 0.1) is 17.4 Å². The van der Waals surface area contributed by atoms with Gasteiger partial charge in [-0.15, -0.1) is 0 Å². The summed E-state index contributed by atoms with van der Waals surface area (Å²) in [5, 5.41) is 0. The highest BCUT2D eigenvalue weighted by Crippen LogP contribution is 2.39. The Morgan fingerprint density at radius 2 is 2.05 bits per heavy atom. The number of hydrogen-bond donors (Lipinski definition) is 1. The minimum Gasteiger partial charge on any atom is -0.399 e. The first-order chi connectivity index (χ1) is 9.16. The molecule has 102 valence electrons. The fraction of sp³-hybridized carbons (Fsp3) is 0.562. The first-order valence-corrected chi connectivity index (χ1v) is 7.39. The van der Waals surface area contributed by atoms with Gasteiger partial charge in [0, 0.05) is 11.7 Å². The molecule has 1 heterocycles. The molecule has 2 aromatic rings. The molecule has 1 aliphatic rings. The normalized spacial score (nSPS) is 24.2. The predicted molar refractivity (Wildman–Crippen MR) is 80.0 cm³/mol. The van der Waals surface area contributed by atoms with E-state index in [1.807, 2.05) is 18.5 Å². The van der Waals surface area contributed by atoms with Gasteiger partial charge in [-0.25, -0.2) is 4.98 Å². The SMILES string of the molecule is CC(C)C1CCCCC1n1cnc2cc(N)ccc21. The second-order valence-corrected chi connectivity index (χ2v) is 6.16. The molecule has 1 aromatic carbocycles. The van der Waals surface area contributed by atoms with Crippen LogP contribution in [0, 0.1) is 11.8 Å². The van der Waals surface area contributed by atoms with Crippen LogP contribution in [-0.4, -0.2) is 9.55 Å². The van der Waals surface area contributed by atoms with Crippen LogP contribution in [0.4, 0.5) is 5.69 Å². The summed E-state index contributed by atoms with van der Waals surface area (Å²) in [7, 11) is 0.